The van der Waals surface area contributed by atoms with Crippen LogP contribution < -0.4 is 4.74 Å². The molecular formula is C17H18ClNO2. The molecule has 2 bridgehead atoms. The van der Waals surface area contributed by atoms with Gasteiger partial charge in [0.25, 0.3) is 0 Å². The van der Waals surface area contributed by atoms with E-state index < -0.39 is 0 Å². The summed E-state index contributed by atoms with van der Waals surface area (Å²) in [5.74, 6) is 1.39. The molecule has 4 aliphatic rings. The van der Waals surface area contributed by atoms with Crippen LogP contribution in [0.15, 0.2) is 24.3 Å². The lowest BCUT2D eigenvalue weighted by Gasteiger charge is -2.56. The zero-order chi connectivity index (χ0) is 14.4. The second-order valence-electron chi connectivity index (χ2n) is 6.88. The van der Waals surface area contributed by atoms with Crippen LogP contribution in [-0.4, -0.2) is 41.1 Å². The molecule has 5 rings (SSSR count). The van der Waals surface area contributed by atoms with Gasteiger partial charge in [-0.25, -0.2) is 0 Å². The summed E-state index contributed by atoms with van der Waals surface area (Å²) in [6.45, 7) is 1.06. The molecule has 110 valence electrons. The topological polar surface area (TPSA) is 32.7 Å². The van der Waals surface area contributed by atoms with E-state index in [2.05, 4.69) is 30.2 Å². The fourth-order valence-corrected chi connectivity index (χ4v) is 5.57. The van der Waals surface area contributed by atoms with Crippen LogP contribution >= 0.6 is 11.6 Å². The highest BCUT2D eigenvalue weighted by molar-refractivity contribution is 6.22. The minimum Gasteiger partial charge on any atom is -0.504 e. The van der Waals surface area contributed by atoms with Gasteiger partial charge in [0.15, 0.2) is 11.5 Å². The molecule has 1 spiro atoms. The van der Waals surface area contributed by atoms with Gasteiger partial charge < -0.3 is 14.7 Å². The van der Waals surface area contributed by atoms with Crippen LogP contribution in [0.3, 0.4) is 0 Å². The number of ether oxygens (including phenoxy) is 1. The van der Waals surface area contributed by atoms with E-state index in [1.165, 1.54) is 11.1 Å². The second-order valence-corrected chi connectivity index (χ2v) is 7.39. The molecule has 0 saturated carbocycles. The number of rotatable bonds is 0. The summed E-state index contributed by atoms with van der Waals surface area (Å²) in [4.78, 5) is 2.47. The van der Waals surface area contributed by atoms with Crippen molar-refractivity contribution in [2.24, 2.45) is 5.92 Å². The minimum absolute atomic E-state index is 0.0417. The molecule has 5 atom stereocenters. The van der Waals surface area contributed by atoms with E-state index in [1.807, 2.05) is 0 Å². The van der Waals surface area contributed by atoms with Crippen LogP contribution in [0.4, 0.5) is 0 Å². The summed E-state index contributed by atoms with van der Waals surface area (Å²) in [5, 5.41) is 10.1. The lowest BCUT2D eigenvalue weighted by atomic mass is 9.53. The van der Waals surface area contributed by atoms with Gasteiger partial charge in [0.1, 0.15) is 6.10 Å². The Hall–Kier alpha value is -1.19. The molecule has 3 nitrogen and oxygen atoms in total. The van der Waals surface area contributed by atoms with Crippen molar-refractivity contribution in [2.75, 3.05) is 13.6 Å². The number of alkyl halides is 1. The quantitative estimate of drug-likeness (QED) is 0.590. The Morgan fingerprint density at radius 1 is 1.38 bits per heavy atom. The fraction of sp³-hybridized carbons (Fsp3) is 0.529. The van der Waals surface area contributed by atoms with Gasteiger partial charge in [-0.15, -0.1) is 11.6 Å². The number of nitrogens with zero attached hydrogens (tertiary/aromatic N) is 1. The maximum atomic E-state index is 10.2. The Morgan fingerprint density at radius 2 is 2.24 bits per heavy atom. The molecule has 1 N–H and O–H groups in total. The SMILES string of the molecule is CN1CC[C@]23c4c5ccc(O)c4O[C@H]2C(Cl)C=CC3[C@H]1C5. The zero-order valence-electron chi connectivity index (χ0n) is 11.9. The number of phenolic OH excluding ortho intramolecular Hbond substituents is 1. The zero-order valence-corrected chi connectivity index (χ0v) is 12.7. The van der Waals surface area contributed by atoms with Crippen molar-refractivity contribution in [3.05, 3.63) is 35.4 Å². The average molecular weight is 304 g/mol. The summed E-state index contributed by atoms with van der Waals surface area (Å²) in [6.07, 6.45) is 6.42. The van der Waals surface area contributed by atoms with Crippen molar-refractivity contribution >= 4 is 11.6 Å². The molecule has 0 radical (unpaired) electrons. The number of phenols is 1. The van der Waals surface area contributed by atoms with Crippen LogP contribution in [0, 0.1) is 5.92 Å². The Labute approximate surface area is 129 Å². The molecule has 2 aliphatic heterocycles. The van der Waals surface area contributed by atoms with Crippen LogP contribution in [0.1, 0.15) is 17.5 Å². The van der Waals surface area contributed by atoms with E-state index in [0.29, 0.717) is 17.7 Å². The Kier molecular flexibility index (Phi) is 2.22. The Bertz CT molecular complexity index is 673. The van der Waals surface area contributed by atoms with E-state index in [4.69, 9.17) is 16.3 Å². The number of aromatic hydroxyl groups is 1. The molecule has 1 aromatic carbocycles. The first-order chi connectivity index (χ1) is 10.1. The second kappa shape index (κ2) is 3.76. The monoisotopic (exact) mass is 303 g/mol. The lowest BCUT2D eigenvalue weighted by molar-refractivity contribution is 0.00341. The van der Waals surface area contributed by atoms with Crippen LogP contribution in [0.2, 0.25) is 0 Å². The van der Waals surface area contributed by atoms with E-state index in [9.17, 15) is 5.11 Å². The molecular weight excluding hydrogens is 286 g/mol. The lowest BCUT2D eigenvalue weighted by Crippen LogP contribution is -2.64. The minimum atomic E-state index is -0.122. The Morgan fingerprint density at radius 3 is 3.10 bits per heavy atom. The van der Waals surface area contributed by atoms with E-state index >= 15 is 0 Å². The number of benzene rings is 1. The third-order valence-corrected chi connectivity index (χ3v) is 6.49. The van der Waals surface area contributed by atoms with E-state index in [0.717, 1.165) is 19.4 Å². The van der Waals surface area contributed by atoms with Crippen LogP contribution in [0.25, 0.3) is 0 Å². The van der Waals surface area contributed by atoms with E-state index in [1.54, 1.807) is 6.07 Å². The molecule has 1 saturated heterocycles. The smallest absolute Gasteiger partial charge is 0.165 e. The van der Waals surface area contributed by atoms with Crippen LogP contribution in [-0.2, 0) is 11.8 Å². The summed E-state index contributed by atoms with van der Waals surface area (Å²) in [5.41, 5.74) is 2.54. The van der Waals surface area contributed by atoms with Gasteiger partial charge >= 0.3 is 0 Å². The van der Waals surface area contributed by atoms with Gasteiger partial charge in [0.2, 0.25) is 0 Å². The van der Waals surface area contributed by atoms with Gasteiger partial charge in [0.05, 0.1) is 5.38 Å². The summed E-state index contributed by atoms with van der Waals surface area (Å²) < 4.78 is 6.21. The highest BCUT2D eigenvalue weighted by atomic mass is 35.5. The molecule has 1 aromatic rings. The standard InChI is InChI=1S/C17H18ClNO2/c1-19-7-6-17-10-3-4-11(18)16(17)21-15-13(20)5-2-9(14(15)17)8-12(10)19/h2-5,10-12,16,20H,6-8H2,1H3/t10?,11?,12-,16+,17+/m1/s1. The first-order valence-electron chi connectivity index (χ1n) is 7.67. The van der Waals surface area contributed by atoms with Crippen molar-refractivity contribution in [1.29, 1.82) is 0 Å². The predicted octanol–water partition coefficient (Wildman–Crippen LogP) is 2.44. The van der Waals surface area contributed by atoms with Crippen LogP contribution in [0.5, 0.6) is 11.5 Å². The number of hydrogen-bond donors (Lipinski definition) is 1. The highest BCUT2D eigenvalue weighted by Crippen LogP contribution is 2.62. The maximum Gasteiger partial charge on any atom is 0.165 e. The predicted molar refractivity (Wildman–Crippen MR) is 81.2 cm³/mol. The summed E-state index contributed by atoms with van der Waals surface area (Å²) >= 11 is 6.57. The van der Waals surface area contributed by atoms with Gasteiger partial charge in [-0.2, -0.15) is 0 Å². The molecule has 2 unspecified atom stereocenters. The van der Waals surface area contributed by atoms with Crippen molar-refractivity contribution in [3.8, 4) is 11.5 Å². The van der Waals surface area contributed by atoms with Gasteiger partial charge in [-0.05, 0) is 38.1 Å². The molecule has 0 amide bonds. The van der Waals surface area contributed by atoms with Gasteiger partial charge in [-0.1, -0.05) is 18.2 Å². The van der Waals surface area contributed by atoms with Crippen molar-refractivity contribution in [3.63, 3.8) is 0 Å². The number of likely N-dealkylation sites (N-methyl/N-ethyl adjacent to an activating group) is 1. The molecule has 4 heteroatoms. The third kappa shape index (κ3) is 1.27. The van der Waals surface area contributed by atoms with Crippen molar-refractivity contribution < 1.29 is 9.84 Å². The van der Waals surface area contributed by atoms with Gasteiger partial charge in [-0.3, -0.25) is 0 Å². The van der Waals surface area contributed by atoms with Crippen molar-refractivity contribution in [1.82, 2.24) is 4.90 Å². The summed E-state index contributed by atoms with van der Waals surface area (Å²) in [7, 11) is 2.22. The summed E-state index contributed by atoms with van der Waals surface area (Å²) in [6, 6.07) is 4.36. The number of hydrogen-bond acceptors (Lipinski definition) is 3. The first kappa shape index (κ1) is 12.4. The number of halogens is 1. The molecule has 2 aliphatic carbocycles. The largest absolute Gasteiger partial charge is 0.504 e. The fourth-order valence-electron chi connectivity index (χ4n) is 5.21. The van der Waals surface area contributed by atoms with Gasteiger partial charge in [0, 0.05) is 22.9 Å². The number of piperidine rings is 1. The maximum absolute atomic E-state index is 10.2. The third-order valence-electron chi connectivity index (χ3n) is 6.12. The van der Waals surface area contributed by atoms with E-state index in [-0.39, 0.29) is 22.6 Å². The number of likely N-dealkylation sites (tertiary alicyclic amines) is 1. The molecule has 21 heavy (non-hydrogen) atoms. The average Bonchev–Trinajstić information content (AvgIpc) is 2.83. The van der Waals surface area contributed by atoms with Crippen molar-refractivity contribution in [2.45, 2.75) is 35.8 Å². The first-order valence-corrected chi connectivity index (χ1v) is 8.11. The normalized spacial score (nSPS) is 42.6. The Balaban J connectivity index is 1.84. The highest BCUT2D eigenvalue weighted by Gasteiger charge is 2.64. The molecule has 1 fully saturated rings. The molecule has 0 aromatic heterocycles. The molecule has 2 heterocycles.